The van der Waals surface area contributed by atoms with Gasteiger partial charge in [0.25, 0.3) is 5.56 Å². The van der Waals surface area contributed by atoms with Gasteiger partial charge in [-0.15, -0.1) is 0 Å². The Bertz CT molecular complexity index is 1030. The maximum Gasteiger partial charge on any atom is 0.275 e. The maximum atomic E-state index is 12.5. The molecule has 6 nitrogen and oxygen atoms in total. The van der Waals surface area contributed by atoms with E-state index in [2.05, 4.69) is 34.3 Å². The molecule has 0 bridgehead atoms. The monoisotopic (exact) mass is 396 g/mol. The summed E-state index contributed by atoms with van der Waals surface area (Å²) in [5, 5.41) is 5.28. The Morgan fingerprint density at radius 1 is 1.21 bits per heavy atom. The van der Waals surface area contributed by atoms with Crippen molar-refractivity contribution < 1.29 is 4.74 Å². The standard InChI is InChI=1S/C21H24N4O2S/c1-2-19-23-25-20(26)10-16(22-21(25)28-19)11-24-12-17(14-6-4-3-5-7-14)27-18(13-24)15-8-9-15/h3-7,10,15,17-18H,2,8-9,11-13H2,1H3/t17-,18+/m0/s1. The molecule has 28 heavy (non-hydrogen) atoms. The Labute approximate surface area is 167 Å². The van der Waals surface area contributed by atoms with Gasteiger partial charge >= 0.3 is 0 Å². The molecule has 2 aromatic heterocycles. The van der Waals surface area contributed by atoms with Crippen molar-refractivity contribution in [2.75, 3.05) is 13.1 Å². The lowest BCUT2D eigenvalue weighted by Crippen LogP contribution is -2.44. The minimum atomic E-state index is -0.0949. The molecule has 2 fully saturated rings. The lowest BCUT2D eigenvalue weighted by atomic mass is 10.0. The Kier molecular flexibility index (Phi) is 4.74. The topological polar surface area (TPSA) is 59.7 Å². The van der Waals surface area contributed by atoms with E-state index in [1.165, 1.54) is 34.3 Å². The van der Waals surface area contributed by atoms with Crippen LogP contribution in [0.5, 0.6) is 0 Å². The number of benzene rings is 1. The summed E-state index contributed by atoms with van der Waals surface area (Å²) in [6.07, 6.45) is 3.66. The lowest BCUT2D eigenvalue weighted by molar-refractivity contribution is -0.0988. The molecule has 0 spiro atoms. The van der Waals surface area contributed by atoms with E-state index in [1.54, 1.807) is 6.07 Å². The first-order valence-corrected chi connectivity index (χ1v) is 10.8. The second kappa shape index (κ2) is 7.39. The fourth-order valence-corrected chi connectivity index (χ4v) is 4.78. The average Bonchev–Trinajstić information content (AvgIpc) is 3.48. The van der Waals surface area contributed by atoms with Gasteiger partial charge in [-0.2, -0.15) is 9.61 Å². The van der Waals surface area contributed by atoms with Crippen LogP contribution in [0.1, 0.15) is 42.1 Å². The van der Waals surface area contributed by atoms with Gasteiger partial charge in [-0.1, -0.05) is 48.6 Å². The summed E-state index contributed by atoms with van der Waals surface area (Å²) < 4.78 is 7.86. The van der Waals surface area contributed by atoms with Crippen molar-refractivity contribution >= 4 is 16.3 Å². The molecule has 0 amide bonds. The molecule has 2 aliphatic rings. The highest BCUT2D eigenvalue weighted by molar-refractivity contribution is 7.16. The molecule has 1 saturated heterocycles. The van der Waals surface area contributed by atoms with Crippen LogP contribution in [0, 0.1) is 5.92 Å². The molecule has 1 aliphatic heterocycles. The van der Waals surface area contributed by atoms with E-state index in [4.69, 9.17) is 9.72 Å². The first kappa shape index (κ1) is 18.0. The minimum absolute atomic E-state index is 0.0699. The predicted molar refractivity (Wildman–Crippen MR) is 109 cm³/mol. The van der Waals surface area contributed by atoms with Crippen LogP contribution in [0.3, 0.4) is 0 Å². The lowest BCUT2D eigenvalue weighted by Gasteiger charge is -2.38. The largest absolute Gasteiger partial charge is 0.367 e. The molecule has 0 N–H and O–H groups in total. The number of hydrogen-bond donors (Lipinski definition) is 0. The number of fused-ring (bicyclic) bond motifs is 1. The van der Waals surface area contributed by atoms with Gasteiger partial charge in [0, 0.05) is 25.7 Å². The molecule has 1 saturated carbocycles. The summed E-state index contributed by atoms with van der Waals surface area (Å²) in [4.78, 5) is 20.3. The van der Waals surface area contributed by atoms with Crippen LogP contribution in [-0.2, 0) is 17.7 Å². The van der Waals surface area contributed by atoms with Crippen LogP contribution in [0.4, 0.5) is 0 Å². The van der Waals surface area contributed by atoms with Crippen LogP contribution >= 0.6 is 11.3 Å². The molecule has 2 atom stereocenters. The van der Waals surface area contributed by atoms with Crippen molar-refractivity contribution in [3.8, 4) is 0 Å². The molecular weight excluding hydrogens is 372 g/mol. The van der Waals surface area contributed by atoms with E-state index in [0.29, 0.717) is 17.4 Å². The van der Waals surface area contributed by atoms with Crippen molar-refractivity contribution in [1.82, 2.24) is 19.5 Å². The Morgan fingerprint density at radius 2 is 2.04 bits per heavy atom. The van der Waals surface area contributed by atoms with E-state index >= 15 is 0 Å². The number of rotatable bonds is 5. The fourth-order valence-electron chi connectivity index (χ4n) is 3.92. The summed E-state index contributed by atoms with van der Waals surface area (Å²) in [5.74, 6) is 0.670. The zero-order valence-electron chi connectivity index (χ0n) is 16.0. The Hall–Kier alpha value is -2.09. The van der Waals surface area contributed by atoms with Crippen molar-refractivity contribution in [2.24, 2.45) is 5.92 Å². The molecule has 3 aromatic rings. The van der Waals surface area contributed by atoms with Crippen LogP contribution in [-0.4, -0.2) is 38.7 Å². The maximum absolute atomic E-state index is 12.5. The van der Waals surface area contributed by atoms with Gasteiger partial charge in [0.15, 0.2) is 0 Å². The second-order valence-electron chi connectivity index (χ2n) is 7.73. The molecule has 146 valence electrons. The summed E-state index contributed by atoms with van der Waals surface area (Å²) in [6.45, 7) is 4.43. The summed E-state index contributed by atoms with van der Waals surface area (Å²) in [6, 6.07) is 12.1. The van der Waals surface area contributed by atoms with Crippen LogP contribution < -0.4 is 5.56 Å². The molecule has 7 heteroatoms. The normalized spacial score (nSPS) is 23.3. The quantitative estimate of drug-likeness (QED) is 0.663. The smallest absolute Gasteiger partial charge is 0.275 e. The van der Waals surface area contributed by atoms with Crippen molar-refractivity contribution in [1.29, 1.82) is 0 Å². The number of nitrogens with zero attached hydrogens (tertiary/aromatic N) is 4. The highest BCUT2D eigenvalue weighted by Crippen LogP contribution is 2.39. The molecule has 0 unspecified atom stereocenters. The van der Waals surface area contributed by atoms with Crippen molar-refractivity contribution in [3.05, 3.63) is 63.0 Å². The molecule has 3 heterocycles. The van der Waals surface area contributed by atoms with E-state index in [1.807, 2.05) is 13.0 Å². The van der Waals surface area contributed by atoms with Crippen molar-refractivity contribution in [2.45, 2.75) is 44.9 Å². The van der Waals surface area contributed by atoms with Crippen LogP contribution in [0.15, 0.2) is 41.2 Å². The molecule has 0 radical (unpaired) electrons. The number of morpholine rings is 1. The van der Waals surface area contributed by atoms with E-state index in [-0.39, 0.29) is 17.8 Å². The minimum Gasteiger partial charge on any atom is -0.367 e. The van der Waals surface area contributed by atoms with Gasteiger partial charge in [-0.25, -0.2) is 4.98 Å². The Balaban J connectivity index is 1.40. The number of aromatic nitrogens is 3. The van der Waals surface area contributed by atoms with Gasteiger partial charge in [-0.3, -0.25) is 9.69 Å². The van der Waals surface area contributed by atoms with E-state index in [9.17, 15) is 4.79 Å². The highest BCUT2D eigenvalue weighted by Gasteiger charge is 2.38. The van der Waals surface area contributed by atoms with Gasteiger partial charge in [0.05, 0.1) is 17.9 Å². The van der Waals surface area contributed by atoms with Gasteiger partial charge in [0.1, 0.15) is 5.01 Å². The van der Waals surface area contributed by atoms with Crippen LogP contribution in [0.25, 0.3) is 4.96 Å². The predicted octanol–water partition coefficient (Wildman–Crippen LogP) is 3.07. The van der Waals surface area contributed by atoms with E-state index < -0.39 is 0 Å². The third-order valence-electron chi connectivity index (χ3n) is 5.55. The number of hydrogen-bond acceptors (Lipinski definition) is 6. The summed E-state index contributed by atoms with van der Waals surface area (Å²) in [7, 11) is 0. The molecule has 1 aromatic carbocycles. The van der Waals surface area contributed by atoms with Crippen LogP contribution in [0.2, 0.25) is 0 Å². The summed E-state index contributed by atoms with van der Waals surface area (Å²) in [5.41, 5.74) is 1.94. The third kappa shape index (κ3) is 3.62. The first-order valence-electron chi connectivity index (χ1n) is 10.0. The zero-order chi connectivity index (χ0) is 19.1. The number of ether oxygens (including phenoxy) is 1. The highest BCUT2D eigenvalue weighted by atomic mass is 32.1. The summed E-state index contributed by atoms with van der Waals surface area (Å²) >= 11 is 1.50. The van der Waals surface area contributed by atoms with Gasteiger partial charge < -0.3 is 4.74 Å². The molecular formula is C21H24N4O2S. The average molecular weight is 397 g/mol. The number of aryl methyl sites for hydroxylation is 1. The van der Waals surface area contributed by atoms with Gasteiger partial charge in [0.2, 0.25) is 4.96 Å². The third-order valence-corrected chi connectivity index (χ3v) is 6.60. The SMILES string of the molecule is CCc1nn2c(=O)cc(CN3C[C@@H](c4ccccc4)O[C@@H](C4CC4)C3)nc2s1. The van der Waals surface area contributed by atoms with Gasteiger partial charge in [-0.05, 0) is 30.7 Å². The fraction of sp³-hybridized carbons (Fsp3) is 0.476. The molecule has 1 aliphatic carbocycles. The van der Waals surface area contributed by atoms with Crippen molar-refractivity contribution in [3.63, 3.8) is 0 Å². The Morgan fingerprint density at radius 3 is 2.79 bits per heavy atom. The second-order valence-corrected chi connectivity index (χ2v) is 8.78. The zero-order valence-corrected chi connectivity index (χ0v) is 16.8. The van der Waals surface area contributed by atoms with E-state index in [0.717, 1.165) is 30.2 Å². The first-order chi connectivity index (χ1) is 13.7. The molecule has 5 rings (SSSR count).